The van der Waals surface area contributed by atoms with Crippen molar-refractivity contribution in [3.8, 4) is 0 Å². The summed E-state index contributed by atoms with van der Waals surface area (Å²) in [5.41, 5.74) is -1.70. The van der Waals surface area contributed by atoms with E-state index >= 15 is 0 Å². The van der Waals surface area contributed by atoms with Crippen LogP contribution in [0.2, 0.25) is 0 Å². The molecule has 11 heteroatoms. The Bertz CT molecular complexity index is 1060. The average molecular weight is 582 g/mol. The predicted molar refractivity (Wildman–Crippen MR) is 155 cm³/mol. The quantitative estimate of drug-likeness (QED) is 0.224. The molecule has 0 aromatic heterocycles. The molecule has 3 unspecified atom stereocenters. The molecule has 3 aliphatic rings. The summed E-state index contributed by atoms with van der Waals surface area (Å²) in [6, 6.07) is 3.40. The minimum Gasteiger partial charge on any atom is -0.381 e. The Morgan fingerprint density at radius 1 is 1.07 bits per heavy atom. The Balaban J connectivity index is 1.18. The lowest BCUT2D eigenvalue weighted by atomic mass is 9.75. The molecule has 4 rings (SSSR count). The van der Waals surface area contributed by atoms with Crippen LogP contribution in [0.4, 0.5) is 24.5 Å². The van der Waals surface area contributed by atoms with Gasteiger partial charge in [0.05, 0.1) is 4.92 Å². The van der Waals surface area contributed by atoms with Crippen molar-refractivity contribution in [3.63, 3.8) is 0 Å². The molecule has 1 aromatic carbocycles. The second-order valence-corrected chi connectivity index (χ2v) is 13.0. The number of aliphatic hydroxyl groups is 1. The van der Waals surface area contributed by atoms with Crippen LogP contribution in [0.25, 0.3) is 0 Å². The second kappa shape index (κ2) is 13.4. The fraction of sp³-hybridized carbons (Fsp3) is 0.733. The smallest absolute Gasteiger partial charge is 0.381 e. The van der Waals surface area contributed by atoms with Gasteiger partial charge in [-0.05, 0) is 81.6 Å². The fourth-order valence-corrected chi connectivity index (χ4v) is 6.48. The van der Waals surface area contributed by atoms with Crippen molar-refractivity contribution in [2.24, 2.45) is 11.3 Å². The molecular formula is C30H46F3N5O3. The molecule has 2 saturated heterocycles. The first kappa shape index (κ1) is 31.7. The van der Waals surface area contributed by atoms with Gasteiger partial charge in [-0.1, -0.05) is 32.9 Å². The van der Waals surface area contributed by atoms with Crippen LogP contribution in [0, 0.1) is 21.4 Å². The molecule has 1 aromatic rings. The van der Waals surface area contributed by atoms with Crippen molar-refractivity contribution in [2.45, 2.75) is 83.8 Å². The minimum absolute atomic E-state index is 0.142. The fourth-order valence-electron chi connectivity index (χ4n) is 6.48. The largest absolute Gasteiger partial charge is 0.423 e. The SMILES string of the molecule is CC(C)(C)C1C=CC(N2CCCN(CCCC(O)N3CC[C@@H](Nc4ccc([N+](=O)[O-])c(C(F)(F)F)c4)C3)CC2)CC1. The van der Waals surface area contributed by atoms with Gasteiger partial charge < -0.3 is 15.3 Å². The van der Waals surface area contributed by atoms with E-state index in [1.165, 1.54) is 18.9 Å². The number of benzene rings is 1. The molecular weight excluding hydrogens is 535 g/mol. The molecule has 8 nitrogen and oxygen atoms in total. The van der Waals surface area contributed by atoms with Crippen LogP contribution in [0.15, 0.2) is 30.4 Å². The van der Waals surface area contributed by atoms with Crippen LogP contribution < -0.4 is 5.32 Å². The molecule has 2 aliphatic heterocycles. The van der Waals surface area contributed by atoms with Gasteiger partial charge >= 0.3 is 6.18 Å². The van der Waals surface area contributed by atoms with Crippen molar-refractivity contribution in [1.82, 2.24) is 14.7 Å². The first-order valence-corrected chi connectivity index (χ1v) is 15.0. The number of nitrogens with one attached hydrogen (secondary N) is 1. The first-order chi connectivity index (χ1) is 19.3. The molecule has 4 atom stereocenters. The van der Waals surface area contributed by atoms with Crippen LogP contribution in [0.1, 0.15) is 64.9 Å². The van der Waals surface area contributed by atoms with Crippen LogP contribution in [-0.2, 0) is 6.18 Å². The zero-order valence-electron chi connectivity index (χ0n) is 24.6. The molecule has 0 spiro atoms. The van der Waals surface area contributed by atoms with E-state index in [2.05, 4.69) is 48.0 Å². The number of likely N-dealkylation sites (tertiary alicyclic amines) is 1. The zero-order chi connectivity index (χ0) is 29.8. The van der Waals surface area contributed by atoms with Crippen molar-refractivity contribution in [2.75, 3.05) is 51.1 Å². The summed E-state index contributed by atoms with van der Waals surface area (Å²) in [4.78, 5) is 17.1. The molecule has 2 heterocycles. The third-order valence-electron chi connectivity index (χ3n) is 8.99. The Hall–Kier alpha value is -2.21. The lowest BCUT2D eigenvalue weighted by molar-refractivity contribution is -0.388. The maximum atomic E-state index is 13.3. The van der Waals surface area contributed by atoms with Crippen molar-refractivity contribution in [3.05, 3.63) is 46.0 Å². The summed E-state index contributed by atoms with van der Waals surface area (Å²) >= 11 is 0. The highest BCUT2D eigenvalue weighted by atomic mass is 19.4. The Morgan fingerprint density at radius 3 is 2.51 bits per heavy atom. The molecule has 230 valence electrons. The molecule has 0 bridgehead atoms. The normalized spacial score (nSPS) is 26.2. The Kier molecular flexibility index (Phi) is 10.4. The van der Waals surface area contributed by atoms with Crippen LogP contribution in [0.3, 0.4) is 0 Å². The monoisotopic (exact) mass is 581 g/mol. The van der Waals surface area contributed by atoms with E-state index in [0.29, 0.717) is 43.3 Å². The van der Waals surface area contributed by atoms with Gasteiger partial charge in [0.1, 0.15) is 11.8 Å². The van der Waals surface area contributed by atoms with E-state index < -0.39 is 28.6 Å². The highest BCUT2D eigenvalue weighted by molar-refractivity contribution is 5.55. The number of halogens is 3. The number of rotatable bonds is 9. The maximum absolute atomic E-state index is 13.3. The van der Waals surface area contributed by atoms with Crippen molar-refractivity contribution in [1.29, 1.82) is 0 Å². The number of anilines is 1. The number of nitro groups is 1. The number of allylic oxidation sites excluding steroid dienone is 1. The zero-order valence-corrected chi connectivity index (χ0v) is 24.6. The van der Waals surface area contributed by atoms with Crippen molar-refractivity contribution < 1.29 is 23.2 Å². The number of nitro benzene ring substituents is 1. The van der Waals surface area contributed by atoms with Crippen LogP contribution in [-0.4, -0.2) is 88.9 Å². The first-order valence-electron chi connectivity index (χ1n) is 15.0. The van der Waals surface area contributed by atoms with E-state index in [0.717, 1.165) is 57.7 Å². The average Bonchev–Trinajstić information content (AvgIpc) is 3.24. The summed E-state index contributed by atoms with van der Waals surface area (Å²) < 4.78 is 39.9. The molecule has 1 aliphatic carbocycles. The number of alkyl halides is 3. The highest BCUT2D eigenvalue weighted by Crippen LogP contribution is 2.38. The Morgan fingerprint density at radius 2 is 1.85 bits per heavy atom. The van der Waals surface area contributed by atoms with E-state index in [1.54, 1.807) is 0 Å². The summed E-state index contributed by atoms with van der Waals surface area (Å²) in [6.07, 6.45) is 5.26. The maximum Gasteiger partial charge on any atom is 0.423 e. The topological polar surface area (TPSA) is 85.1 Å². The summed E-state index contributed by atoms with van der Waals surface area (Å²) in [7, 11) is 0. The van der Waals surface area contributed by atoms with E-state index in [4.69, 9.17) is 0 Å². The molecule has 0 amide bonds. The summed E-state index contributed by atoms with van der Waals surface area (Å²) in [5.74, 6) is 0.653. The van der Waals surface area contributed by atoms with Gasteiger partial charge in [0, 0.05) is 50.0 Å². The number of hydrogen-bond donors (Lipinski definition) is 2. The molecule has 2 fully saturated rings. The van der Waals surface area contributed by atoms with Gasteiger partial charge in [-0.15, -0.1) is 0 Å². The Labute approximate surface area is 241 Å². The van der Waals surface area contributed by atoms with Gasteiger partial charge in [0.25, 0.3) is 5.69 Å². The lowest BCUT2D eigenvalue weighted by Gasteiger charge is -2.36. The van der Waals surface area contributed by atoms with E-state index in [9.17, 15) is 28.4 Å². The number of nitrogens with zero attached hydrogens (tertiary/aromatic N) is 4. The molecule has 0 radical (unpaired) electrons. The van der Waals surface area contributed by atoms with Crippen molar-refractivity contribution >= 4 is 11.4 Å². The van der Waals surface area contributed by atoms with E-state index in [1.807, 2.05) is 4.90 Å². The van der Waals surface area contributed by atoms with Gasteiger partial charge in [-0.3, -0.25) is 19.9 Å². The summed E-state index contributed by atoms with van der Waals surface area (Å²) in [5, 5.41) is 24.9. The number of hydrogen-bond acceptors (Lipinski definition) is 7. The third-order valence-corrected chi connectivity index (χ3v) is 8.99. The molecule has 2 N–H and O–H groups in total. The van der Waals surface area contributed by atoms with Crippen LogP contribution in [0.5, 0.6) is 0 Å². The molecule has 41 heavy (non-hydrogen) atoms. The summed E-state index contributed by atoms with van der Waals surface area (Å²) in [6.45, 7) is 13.3. The van der Waals surface area contributed by atoms with Gasteiger partial charge in [-0.25, -0.2) is 0 Å². The van der Waals surface area contributed by atoms with Gasteiger partial charge in [0.15, 0.2) is 0 Å². The third kappa shape index (κ3) is 8.65. The van der Waals surface area contributed by atoms with Crippen LogP contribution >= 0.6 is 0 Å². The number of aliphatic hydroxyl groups excluding tert-OH is 1. The van der Waals surface area contributed by atoms with Gasteiger partial charge in [0.2, 0.25) is 0 Å². The highest BCUT2D eigenvalue weighted by Gasteiger charge is 2.39. The lowest BCUT2D eigenvalue weighted by Crippen LogP contribution is -2.40. The standard InChI is InChI=1S/C30H46F3N5O3/c1-29(2,3)22-7-10-25(11-8-22)36-16-5-15-35(18-19-36)14-4-6-28(39)37-17-13-24(21-37)34-23-9-12-27(38(40)41)26(20-23)30(31,32)33/h7,9-10,12,20,22,24-25,28,34,39H,4-6,8,11,13-19,21H2,1-3H3/t22?,24-,25?,28?/m1/s1. The predicted octanol–water partition coefficient (Wildman–Crippen LogP) is 5.59. The second-order valence-electron chi connectivity index (χ2n) is 13.0. The van der Waals surface area contributed by atoms with E-state index in [-0.39, 0.29) is 11.7 Å². The molecule has 0 saturated carbocycles. The van der Waals surface area contributed by atoms with Gasteiger partial charge in [-0.2, -0.15) is 13.2 Å². The minimum atomic E-state index is -4.81.